The Kier molecular flexibility index (Phi) is 9.03. The fraction of sp³-hybridized carbons (Fsp3) is 0.297. The van der Waals surface area contributed by atoms with Crippen molar-refractivity contribution in [3.05, 3.63) is 118 Å². The van der Waals surface area contributed by atoms with E-state index in [2.05, 4.69) is 72.2 Å². The third-order valence-electron chi connectivity index (χ3n) is 8.39. The number of thioether (sulfide) groups is 1. The van der Waals surface area contributed by atoms with Gasteiger partial charge in [-0.2, -0.15) is 0 Å². The molecule has 0 saturated heterocycles. The van der Waals surface area contributed by atoms with Crippen LogP contribution in [0.4, 0.5) is 0 Å². The fourth-order valence-electron chi connectivity index (χ4n) is 6.13. The van der Waals surface area contributed by atoms with Crippen molar-refractivity contribution in [3.8, 4) is 11.1 Å². The molecule has 3 heterocycles. The van der Waals surface area contributed by atoms with E-state index in [4.69, 9.17) is 21.3 Å². The van der Waals surface area contributed by atoms with E-state index in [9.17, 15) is 4.79 Å². The summed E-state index contributed by atoms with van der Waals surface area (Å²) < 4.78 is 8.66. The number of hydrogen-bond acceptors (Lipinski definition) is 4. The molecule has 0 radical (unpaired) electrons. The van der Waals surface area contributed by atoms with Gasteiger partial charge >= 0.3 is 0 Å². The summed E-state index contributed by atoms with van der Waals surface area (Å²) in [7, 11) is 0. The van der Waals surface area contributed by atoms with E-state index in [1.165, 1.54) is 38.1 Å². The Morgan fingerprint density at radius 1 is 1.02 bits per heavy atom. The van der Waals surface area contributed by atoms with Crippen molar-refractivity contribution >= 4 is 40.0 Å². The van der Waals surface area contributed by atoms with E-state index in [-0.39, 0.29) is 5.78 Å². The minimum atomic E-state index is -0.393. The summed E-state index contributed by atoms with van der Waals surface area (Å²) in [4.78, 5) is 18.3. The summed E-state index contributed by atoms with van der Waals surface area (Å²) in [5.74, 6) is 0.0749. The van der Waals surface area contributed by atoms with Crippen LogP contribution in [-0.2, 0) is 41.9 Å². The van der Waals surface area contributed by atoms with Gasteiger partial charge in [-0.05, 0) is 79.1 Å². The van der Waals surface area contributed by atoms with Crippen LogP contribution in [0.15, 0.2) is 90.0 Å². The fourth-order valence-corrected chi connectivity index (χ4v) is 7.56. The number of ketones is 1. The van der Waals surface area contributed by atoms with Crippen molar-refractivity contribution in [1.82, 2.24) is 9.55 Å². The molecule has 0 amide bonds. The summed E-state index contributed by atoms with van der Waals surface area (Å²) in [6.45, 7) is 7.06. The Labute approximate surface area is 263 Å². The number of halogens is 1. The van der Waals surface area contributed by atoms with Gasteiger partial charge in [0.1, 0.15) is 6.10 Å². The number of aromatic nitrogens is 2. The molecule has 1 aliphatic heterocycles. The number of hydrogen-bond donors (Lipinski definition) is 0. The molecule has 43 heavy (non-hydrogen) atoms. The summed E-state index contributed by atoms with van der Waals surface area (Å²) >= 11 is 8.14. The SMILES string of the molecule is CCC(OCc1c2c3c(c(CCc4ccc(-c5ccccc5)cn4)ccc3n1Cc1ccc(Cl)cc1)CC(C)S2)C(C)=O. The van der Waals surface area contributed by atoms with Crippen molar-refractivity contribution in [1.29, 1.82) is 0 Å². The van der Waals surface area contributed by atoms with Crippen LogP contribution in [0.1, 0.15) is 55.3 Å². The van der Waals surface area contributed by atoms with Crippen LogP contribution in [0, 0.1) is 0 Å². The molecule has 5 aromatic rings. The molecular weight excluding hydrogens is 572 g/mol. The van der Waals surface area contributed by atoms with E-state index in [1.54, 1.807) is 6.92 Å². The van der Waals surface area contributed by atoms with Crippen molar-refractivity contribution in [2.45, 2.75) is 75.9 Å². The van der Waals surface area contributed by atoms with Crippen LogP contribution in [0.25, 0.3) is 22.0 Å². The first-order valence-electron chi connectivity index (χ1n) is 15.1. The second-order valence-corrected chi connectivity index (χ2v) is 13.3. The van der Waals surface area contributed by atoms with E-state index >= 15 is 0 Å². The molecule has 0 bridgehead atoms. The molecule has 4 nitrogen and oxygen atoms in total. The van der Waals surface area contributed by atoms with Gasteiger partial charge in [0.05, 0.1) is 17.8 Å². The van der Waals surface area contributed by atoms with Gasteiger partial charge in [0.15, 0.2) is 5.78 Å². The minimum Gasteiger partial charge on any atom is -0.364 e. The summed E-state index contributed by atoms with van der Waals surface area (Å²) in [5.41, 5.74) is 9.82. The summed E-state index contributed by atoms with van der Waals surface area (Å²) in [6.07, 6.45) is 5.13. The Morgan fingerprint density at radius 3 is 2.51 bits per heavy atom. The van der Waals surface area contributed by atoms with Crippen LogP contribution in [0.3, 0.4) is 0 Å². The maximum Gasteiger partial charge on any atom is 0.158 e. The number of benzene rings is 3. The topological polar surface area (TPSA) is 44.1 Å². The highest BCUT2D eigenvalue weighted by molar-refractivity contribution is 8.00. The molecule has 0 saturated carbocycles. The van der Waals surface area contributed by atoms with Gasteiger partial charge < -0.3 is 9.30 Å². The molecule has 6 heteroatoms. The first-order valence-corrected chi connectivity index (χ1v) is 16.4. The lowest BCUT2D eigenvalue weighted by Gasteiger charge is -2.22. The monoisotopic (exact) mass is 608 g/mol. The molecule has 0 N–H and O–H groups in total. The van der Waals surface area contributed by atoms with Gasteiger partial charge in [0.25, 0.3) is 0 Å². The summed E-state index contributed by atoms with van der Waals surface area (Å²) in [6, 6.07) is 27.4. The second kappa shape index (κ2) is 13.1. The van der Waals surface area contributed by atoms with Crippen LogP contribution in [-0.4, -0.2) is 26.7 Å². The first kappa shape index (κ1) is 29.7. The third kappa shape index (κ3) is 6.45. The lowest BCUT2D eigenvalue weighted by Crippen LogP contribution is -2.21. The molecule has 1 aliphatic rings. The molecule has 0 spiro atoms. The zero-order chi connectivity index (χ0) is 29.9. The van der Waals surface area contributed by atoms with Crippen molar-refractivity contribution < 1.29 is 9.53 Å². The van der Waals surface area contributed by atoms with Crippen LogP contribution >= 0.6 is 23.4 Å². The van der Waals surface area contributed by atoms with Crippen molar-refractivity contribution in [2.24, 2.45) is 0 Å². The molecule has 2 aromatic heterocycles. The number of carbonyl (C=O) groups is 1. The average molecular weight is 609 g/mol. The van der Waals surface area contributed by atoms with Gasteiger partial charge in [0, 0.05) is 44.6 Å². The Hall–Kier alpha value is -3.38. The maximum absolute atomic E-state index is 12.2. The number of nitrogens with zero attached hydrogens (tertiary/aromatic N) is 2. The van der Waals surface area contributed by atoms with Gasteiger partial charge in [-0.25, -0.2) is 0 Å². The highest BCUT2D eigenvalue weighted by Gasteiger charge is 2.29. The minimum absolute atomic E-state index is 0.0749. The Balaban J connectivity index is 1.34. The Morgan fingerprint density at radius 2 is 1.81 bits per heavy atom. The summed E-state index contributed by atoms with van der Waals surface area (Å²) in [5, 5.41) is 2.52. The number of ether oxygens (including phenoxy) is 1. The van der Waals surface area contributed by atoms with Crippen LogP contribution in [0.5, 0.6) is 0 Å². The van der Waals surface area contributed by atoms with Crippen molar-refractivity contribution in [3.63, 3.8) is 0 Å². The van der Waals surface area contributed by atoms with Crippen LogP contribution < -0.4 is 0 Å². The molecule has 3 aromatic carbocycles. The molecule has 2 unspecified atom stereocenters. The quantitative estimate of drug-likeness (QED) is 0.150. The van der Waals surface area contributed by atoms with Gasteiger partial charge in [0.2, 0.25) is 0 Å². The molecule has 0 fully saturated rings. The number of Topliss-reactive ketones (excluding diaryl/α,β-unsaturated/α-hetero) is 1. The zero-order valence-corrected chi connectivity index (χ0v) is 26.5. The molecule has 220 valence electrons. The van der Waals surface area contributed by atoms with Crippen LogP contribution in [0.2, 0.25) is 5.02 Å². The largest absolute Gasteiger partial charge is 0.364 e. The van der Waals surface area contributed by atoms with Crippen molar-refractivity contribution in [2.75, 3.05) is 0 Å². The van der Waals surface area contributed by atoms with E-state index in [0.29, 0.717) is 24.8 Å². The molecule has 6 rings (SSSR count). The predicted molar refractivity (Wildman–Crippen MR) is 178 cm³/mol. The smallest absolute Gasteiger partial charge is 0.158 e. The van der Waals surface area contributed by atoms with Gasteiger partial charge in [-0.1, -0.05) is 80.0 Å². The number of rotatable bonds is 11. The van der Waals surface area contributed by atoms with E-state index < -0.39 is 6.10 Å². The first-order chi connectivity index (χ1) is 20.9. The van der Waals surface area contributed by atoms with E-state index in [0.717, 1.165) is 41.2 Å². The number of pyridine rings is 1. The van der Waals surface area contributed by atoms with E-state index in [1.807, 2.05) is 43.1 Å². The molecule has 0 aliphatic carbocycles. The zero-order valence-electron chi connectivity index (χ0n) is 25.0. The number of aryl methyl sites for hydroxylation is 2. The highest BCUT2D eigenvalue weighted by atomic mass is 35.5. The van der Waals surface area contributed by atoms with Gasteiger partial charge in [-0.15, -0.1) is 11.8 Å². The normalized spacial score (nSPS) is 15.1. The molecular formula is C37H37ClN2O2S. The predicted octanol–water partition coefficient (Wildman–Crippen LogP) is 9.11. The maximum atomic E-state index is 12.2. The molecule has 2 atom stereocenters. The van der Waals surface area contributed by atoms with Gasteiger partial charge in [-0.3, -0.25) is 9.78 Å². The lowest BCUT2D eigenvalue weighted by molar-refractivity contribution is -0.129. The highest BCUT2D eigenvalue weighted by Crippen LogP contribution is 2.45. The lowest BCUT2D eigenvalue weighted by atomic mass is 9.94. The second-order valence-electron chi connectivity index (χ2n) is 11.4. The standard InChI is InChI=1S/C37H37ClN2O2S/c1-4-35(25(3)41)42-23-34-37-36-32(20-24(2)43-37)28(14-19-33(36)40(34)22-26-10-15-30(38)16-11-26)12-17-31-18-13-29(21-39-31)27-8-6-5-7-9-27/h5-11,13-16,18-19,21,24,35H,4,12,17,20,22-23H2,1-3H3. The average Bonchev–Trinajstić information content (AvgIpc) is 3.31. The Bertz CT molecular complexity index is 1730. The number of carbonyl (C=O) groups excluding carboxylic acids is 1. The third-order valence-corrected chi connectivity index (χ3v) is 9.88.